The van der Waals surface area contributed by atoms with E-state index in [4.69, 9.17) is 14.2 Å². The molecule has 0 aliphatic heterocycles. The smallest absolute Gasteiger partial charge is 0.129 e. The molecule has 3 nitrogen and oxygen atoms in total. The summed E-state index contributed by atoms with van der Waals surface area (Å²) < 4.78 is 16.1. The second-order valence-corrected chi connectivity index (χ2v) is 4.86. The van der Waals surface area contributed by atoms with E-state index in [2.05, 4.69) is 18.2 Å². The molecule has 0 atom stereocenters. The highest BCUT2D eigenvalue weighted by molar-refractivity contribution is 5.59. The predicted octanol–water partition coefficient (Wildman–Crippen LogP) is 4.45. The summed E-state index contributed by atoms with van der Waals surface area (Å²) in [5, 5.41) is 0. The van der Waals surface area contributed by atoms with E-state index in [1.807, 2.05) is 54.6 Å². The lowest BCUT2D eigenvalue weighted by molar-refractivity contribution is 0.195. The van der Waals surface area contributed by atoms with Crippen LogP contribution in [0.25, 0.3) is 12.2 Å². The van der Waals surface area contributed by atoms with Crippen LogP contribution in [0.15, 0.2) is 60.7 Å². The van der Waals surface area contributed by atoms with Crippen LogP contribution in [-0.4, -0.2) is 27.4 Å². The average molecular weight is 310 g/mol. The van der Waals surface area contributed by atoms with Crippen molar-refractivity contribution in [3.63, 3.8) is 0 Å². The molecule has 0 radical (unpaired) electrons. The first-order valence-corrected chi connectivity index (χ1v) is 7.51. The van der Waals surface area contributed by atoms with Crippen molar-refractivity contribution in [2.75, 3.05) is 27.4 Å². The molecular formula is C20H22O3. The fourth-order valence-electron chi connectivity index (χ4n) is 2.08. The number of methoxy groups -OCH3 is 2. The fourth-order valence-corrected chi connectivity index (χ4v) is 2.08. The summed E-state index contributed by atoms with van der Waals surface area (Å²) in [6, 6.07) is 15.9. The van der Waals surface area contributed by atoms with Crippen molar-refractivity contribution in [1.82, 2.24) is 0 Å². The summed E-state index contributed by atoms with van der Waals surface area (Å²) in [4.78, 5) is 0. The minimum Gasteiger partial charge on any atom is -0.497 e. The van der Waals surface area contributed by atoms with Crippen molar-refractivity contribution in [3.05, 3.63) is 71.8 Å². The fraction of sp³-hybridized carbons (Fsp3) is 0.200. The Morgan fingerprint density at radius 1 is 0.826 bits per heavy atom. The average Bonchev–Trinajstić information content (AvgIpc) is 2.61. The Labute approximate surface area is 137 Å². The monoisotopic (exact) mass is 310 g/mol. The maximum Gasteiger partial charge on any atom is 0.129 e. The molecule has 0 unspecified atom stereocenters. The van der Waals surface area contributed by atoms with Gasteiger partial charge in [0.1, 0.15) is 11.5 Å². The van der Waals surface area contributed by atoms with Crippen molar-refractivity contribution in [3.8, 4) is 11.5 Å². The number of ether oxygens (including phenoxy) is 3. The van der Waals surface area contributed by atoms with Gasteiger partial charge in [0, 0.05) is 11.6 Å². The van der Waals surface area contributed by atoms with E-state index >= 15 is 0 Å². The van der Waals surface area contributed by atoms with Gasteiger partial charge in [-0.05, 0) is 17.7 Å². The molecular weight excluding hydrogens is 288 g/mol. The van der Waals surface area contributed by atoms with Crippen LogP contribution in [0.1, 0.15) is 11.1 Å². The van der Waals surface area contributed by atoms with Crippen LogP contribution in [0.5, 0.6) is 11.5 Å². The largest absolute Gasteiger partial charge is 0.497 e. The van der Waals surface area contributed by atoms with Gasteiger partial charge in [0.2, 0.25) is 0 Å². The Kier molecular flexibility index (Phi) is 6.95. The quantitative estimate of drug-likeness (QED) is 0.674. The molecule has 0 spiro atoms. The van der Waals surface area contributed by atoms with Crippen LogP contribution < -0.4 is 9.47 Å². The third kappa shape index (κ3) is 5.64. The molecule has 0 aliphatic rings. The van der Waals surface area contributed by atoms with E-state index in [0.717, 1.165) is 17.1 Å². The second-order valence-electron chi connectivity index (χ2n) is 4.86. The van der Waals surface area contributed by atoms with Gasteiger partial charge in [0.05, 0.1) is 27.4 Å². The molecule has 2 aromatic carbocycles. The third-order valence-corrected chi connectivity index (χ3v) is 3.28. The van der Waals surface area contributed by atoms with Gasteiger partial charge in [-0.3, -0.25) is 0 Å². The summed E-state index contributed by atoms with van der Waals surface area (Å²) >= 11 is 0. The first kappa shape index (κ1) is 16.8. The molecule has 0 N–H and O–H groups in total. The lowest BCUT2D eigenvalue weighted by atomic mass is 10.2. The SMILES string of the molecule is COc1ccc(/C=C/COC/C=C/c2ccccc2)c(OC)c1. The molecule has 0 bridgehead atoms. The predicted molar refractivity (Wildman–Crippen MR) is 94.9 cm³/mol. The molecule has 0 heterocycles. The molecule has 0 saturated heterocycles. The van der Waals surface area contributed by atoms with Gasteiger partial charge >= 0.3 is 0 Å². The maximum absolute atomic E-state index is 5.56. The number of hydrogen-bond acceptors (Lipinski definition) is 3. The van der Waals surface area contributed by atoms with Crippen LogP contribution in [0.4, 0.5) is 0 Å². The van der Waals surface area contributed by atoms with Crippen LogP contribution in [0.2, 0.25) is 0 Å². The van der Waals surface area contributed by atoms with Crippen molar-refractivity contribution in [1.29, 1.82) is 0 Å². The number of rotatable bonds is 8. The van der Waals surface area contributed by atoms with Gasteiger partial charge in [-0.2, -0.15) is 0 Å². The van der Waals surface area contributed by atoms with Gasteiger partial charge < -0.3 is 14.2 Å². The van der Waals surface area contributed by atoms with E-state index < -0.39 is 0 Å². The topological polar surface area (TPSA) is 27.7 Å². The lowest BCUT2D eigenvalue weighted by Gasteiger charge is -2.07. The Hall–Kier alpha value is -2.52. The van der Waals surface area contributed by atoms with E-state index in [9.17, 15) is 0 Å². The molecule has 2 aromatic rings. The van der Waals surface area contributed by atoms with Gasteiger partial charge in [-0.25, -0.2) is 0 Å². The minimum atomic E-state index is 0.550. The van der Waals surface area contributed by atoms with Crippen molar-refractivity contribution < 1.29 is 14.2 Å². The summed E-state index contributed by atoms with van der Waals surface area (Å²) in [5.41, 5.74) is 2.17. The Morgan fingerprint density at radius 2 is 1.57 bits per heavy atom. The van der Waals surface area contributed by atoms with Gasteiger partial charge in [-0.1, -0.05) is 54.6 Å². The van der Waals surface area contributed by atoms with Gasteiger partial charge in [0.15, 0.2) is 0 Å². The normalized spacial score (nSPS) is 11.2. The van der Waals surface area contributed by atoms with Gasteiger partial charge in [0.25, 0.3) is 0 Å². The maximum atomic E-state index is 5.56. The third-order valence-electron chi connectivity index (χ3n) is 3.28. The number of benzene rings is 2. The molecule has 0 saturated carbocycles. The van der Waals surface area contributed by atoms with Crippen molar-refractivity contribution in [2.24, 2.45) is 0 Å². The highest BCUT2D eigenvalue weighted by Gasteiger charge is 2.01. The minimum absolute atomic E-state index is 0.550. The Balaban J connectivity index is 1.78. The highest BCUT2D eigenvalue weighted by Crippen LogP contribution is 2.25. The second kappa shape index (κ2) is 9.49. The summed E-state index contributed by atoms with van der Waals surface area (Å²) in [7, 11) is 3.29. The molecule has 3 heteroatoms. The zero-order valence-electron chi connectivity index (χ0n) is 13.6. The zero-order chi connectivity index (χ0) is 16.3. The molecule has 2 rings (SSSR count). The van der Waals surface area contributed by atoms with E-state index in [-0.39, 0.29) is 0 Å². The van der Waals surface area contributed by atoms with Crippen molar-refractivity contribution in [2.45, 2.75) is 0 Å². The Morgan fingerprint density at radius 3 is 2.26 bits per heavy atom. The Bertz CT molecular complexity index is 645. The van der Waals surface area contributed by atoms with E-state index in [1.54, 1.807) is 14.2 Å². The van der Waals surface area contributed by atoms with Crippen LogP contribution >= 0.6 is 0 Å². The van der Waals surface area contributed by atoms with E-state index in [0.29, 0.717) is 13.2 Å². The summed E-state index contributed by atoms with van der Waals surface area (Å²) in [6.45, 7) is 1.13. The number of hydrogen-bond donors (Lipinski definition) is 0. The standard InChI is InChI=1S/C20H22O3/c1-21-19-13-12-18(20(16-19)22-2)11-7-15-23-14-6-10-17-8-4-3-5-9-17/h3-13,16H,14-15H2,1-2H3/b10-6+,11-7+. The highest BCUT2D eigenvalue weighted by atomic mass is 16.5. The van der Waals surface area contributed by atoms with Gasteiger partial charge in [-0.15, -0.1) is 0 Å². The first-order chi connectivity index (χ1) is 11.3. The van der Waals surface area contributed by atoms with Crippen molar-refractivity contribution >= 4 is 12.2 Å². The van der Waals surface area contributed by atoms with Crippen LogP contribution in [0.3, 0.4) is 0 Å². The molecule has 0 aromatic heterocycles. The molecule has 120 valence electrons. The first-order valence-electron chi connectivity index (χ1n) is 7.51. The van der Waals surface area contributed by atoms with E-state index in [1.165, 1.54) is 5.56 Å². The molecule has 0 amide bonds. The molecule has 0 aliphatic carbocycles. The lowest BCUT2D eigenvalue weighted by Crippen LogP contribution is -1.92. The zero-order valence-corrected chi connectivity index (χ0v) is 13.6. The van der Waals surface area contributed by atoms with Crippen LogP contribution in [-0.2, 0) is 4.74 Å². The molecule has 0 fully saturated rings. The van der Waals surface area contributed by atoms with Crippen LogP contribution in [0, 0.1) is 0 Å². The summed E-state index contributed by atoms with van der Waals surface area (Å²) in [5.74, 6) is 1.56. The summed E-state index contributed by atoms with van der Waals surface area (Å²) in [6.07, 6.45) is 8.02. The molecule has 23 heavy (non-hydrogen) atoms.